The number of carbonyl (C=O) groups is 1. The molecule has 0 spiro atoms. The molecule has 0 saturated carbocycles. The second kappa shape index (κ2) is 5.27. The van der Waals surface area contributed by atoms with E-state index < -0.39 is 10.9 Å². The Bertz CT molecular complexity index is 384. The molecule has 1 heterocycles. The fourth-order valence-corrected chi connectivity index (χ4v) is 1.46. The first kappa shape index (κ1) is 11.4. The maximum absolute atomic E-state index is 10.5. The number of pyridine rings is 1. The molecule has 0 saturated heterocycles. The molecule has 0 atom stereocenters. The summed E-state index contributed by atoms with van der Waals surface area (Å²) in [5.74, 6) is -1.04. The summed E-state index contributed by atoms with van der Waals surface area (Å²) < 4.78 is 2.45. The van der Waals surface area contributed by atoms with Crippen LogP contribution in [-0.2, 0) is 4.79 Å². The number of aliphatic carboxylic acids is 1. The van der Waals surface area contributed by atoms with Crippen molar-refractivity contribution in [2.24, 2.45) is 0 Å². The lowest BCUT2D eigenvalue weighted by atomic mass is 10.4. The number of nitro groups is 1. The zero-order valence-corrected chi connectivity index (χ0v) is 8.23. The third-order valence-corrected chi connectivity index (χ3v) is 2.14. The Kier molecular flexibility index (Phi) is 4.01. The molecule has 0 aliphatic heterocycles. The van der Waals surface area contributed by atoms with Crippen molar-refractivity contribution in [2.45, 2.75) is 5.03 Å². The van der Waals surface area contributed by atoms with Crippen LogP contribution in [-0.4, -0.2) is 27.5 Å². The standard InChI is InChI=1S/C7H7N3O4S/c11-6(12)4-9-15-7-5(10(13)14)2-1-3-8-7/h1-3,9H,4H2,(H,11,12). The Morgan fingerprint density at radius 2 is 2.47 bits per heavy atom. The number of hydrogen-bond acceptors (Lipinski definition) is 6. The highest BCUT2D eigenvalue weighted by atomic mass is 32.2. The minimum Gasteiger partial charge on any atom is -0.480 e. The van der Waals surface area contributed by atoms with Gasteiger partial charge in [0, 0.05) is 12.3 Å². The monoisotopic (exact) mass is 229 g/mol. The quantitative estimate of drug-likeness (QED) is 0.434. The van der Waals surface area contributed by atoms with E-state index in [0.717, 1.165) is 11.9 Å². The molecule has 0 fully saturated rings. The number of carboxylic acid groups (broad SMARTS) is 1. The summed E-state index contributed by atoms with van der Waals surface area (Å²) in [5.41, 5.74) is -0.152. The fourth-order valence-electron chi connectivity index (χ4n) is 0.766. The molecule has 1 aromatic rings. The van der Waals surface area contributed by atoms with Gasteiger partial charge < -0.3 is 5.11 Å². The molecule has 15 heavy (non-hydrogen) atoms. The Labute approximate surface area is 88.8 Å². The first-order valence-electron chi connectivity index (χ1n) is 3.82. The van der Waals surface area contributed by atoms with E-state index >= 15 is 0 Å². The van der Waals surface area contributed by atoms with E-state index in [-0.39, 0.29) is 17.3 Å². The average molecular weight is 229 g/mol. The number of aromatic nitrogens is 1. The lowest BCUT2D eigenvalue weighted by Gasteiger charge is -2.00. The lowest BCUT2D eigenvalue weighted by molar-refractivity contribution is -0.388. The van der Waals surface area contributed by atoms with Crippen LogP contribution in [0.4, 0.5) is 5.69 Å². The van der Waals surface area contributed by atoms with Crippen molar-refractivity contribution in [2.75, 3.05) is 6.54 Å². The van der Waals surface area contributed by atoms with Crippen LogP contribution in [0.15, 0.2) is 23.4 Å². The molecular formula is C7H7N3O4S. The van der Waals surface area contributed by atoms with Crippen molar-refractivity contribution < 1.29 is 14.8 Å². The molecule has 0 aliphatic carbocycles. The Hall–Kier alpha value is -1.67. The van der Waals surface area contributed by atoms with E-state index in [1.165, 1.54) is 18.3 Å². The summed E-state index contributed by atoms with van der Waals surface area (Å²) in [7, 11) is 0. The fraction of sp³-hybridized carbons (Fsp3) is 0.143. The van der Waals surface area contributed by atoms with Gasteiger partial charge in [-0.25, -0.2) is 9.71 Å². The molecule has 1 rings (SSSR count). The van der Waals surface area contributed by atoms with Crippen LogP contribution in [0, 0.1) is 10.1 Å². The predicted octanol–water partition coefficient (Wildman–Crippen LogP) is 0.671. The van der Waals surface area contributed by atoms with E-state index in [9.17, 15) is 14.9 Å². The molecule has 2 N–H and O–H groups in total. The number of nitrogens with one attached hydrogen (secondary N) is 1. The van der Waals surface area contributed by atoms with Gasteiger partial charge in [0.2, 0.25) is 0 Å². The molecule has 80 valence electrons. The van der Waals surface area contributed by atoms with Crippen molar-refractivity contribution in [3.63, 3.8) is 0 Å². The molecule has 1 aromatic heterocycles. The second-order valence-electron chi connectivity index (χ2n) is 2.40. The van der Waals surface area contributed by atoms with Crippen LogP contribution < -0.4 is 4.72 Å². The van der Waals surface area contributed by atoms with Gasteiger partial charge in [-0.1, -0.05) is 0 Å². The summed E-state index contributed by atoms with van der Waals surface area (Å²) in [6.07, 6.45) is 1.40. The third-order valence-electron chi connectivity index (χ3n) is 1.34. The topological polar surface area (TPSA) is 105 Å². The van der Waals surface area contributed by atoms with Gasteiger partial charge in [-0.15, -0.1) is 0 Å². The van der Waals surface area contributed by atoms with E-state index in [1.807, 2.05) is 0 Å². The van der Waals surface area contributed by atoms with E-state index in [4.69, 9.17) is 5.11 Å². The smallest absolute Gasteiger partial charge is 0.318 e. The van der Waals surface area contributed by atoms with Crippen molar-refractivity contribution in [1.29, 1.82) is 0 Å². The predicted molar refractivity (Wildman–Crippen MR) is 52.4 cm³/mol. The zero-order chi connectivity index (χ0) is 11.3. The van der Waals surface area contributed by atoms with E-state index in [0.29, 0.717) is 0 Å². The first-order chi connectivity index (χ1) is 7.11. The summed E-state index contributed by atoms with van der Waals surface area (Å²) in [6.45, 7) is -0.293. The van der Waals surface area contributed by atoms with Gasteiger partial charge in [0.25, 0.3) is 0 Å². The van der Waals surface area contributed by atoms with Crippen molar-refractivity contribution >= 4 is 23.6 Å². The van der Waals surface area contributed by atoms with Gasteiger partial charge in [0.15, 0.2) is 5.03 Å². The highest BCUT2D eigenvalue weighted by molar-refractivity contribution is 7.97. The van der Waals surface area contributed by atoms with Crippen LogP contribution in [0.1, 0.15) is 0 Å². The van der Waals surface area contributed by atoms with Gasteiger partial charge in [0.05, 0.1) is 4.92 Å². The van der Waals surface area contributed by atoms with Crippen molar-refractivity contribution in [3.8, 4) is 0 Å². The molecule has 0 unspecified atom stereocenters. The number of hydrogen-bond donors (Lipinski definition) is 2. The van der Waals surface area contributed by atoms with E-state index in [1.54, 1.807) is 0 Å². The number of carboxylic acids is 1. The average Bonchev–Trinajstić information content (AvgIpc) is 2.17. The summed E-state index contributed by atoms with van der Waals surface area (Å²) >= 11 is 0.820. The van der Waals surface area contributed by atoms with Crippen LogP contribution in [0.3, 0.4) is 0 Å². The Morgan fingerprint density at radius 1 is 1.73 bits per heavy atom. The minimum absolute atomic E-state index is 0.142. The van der Waals surface area contributed by atoms with Gasteiger partial charge in [0.1, 0.15) is 6.54 Å². The van der Waals surface area contributed by atoms with Crippen LogP contribution >= 0.6 is 11.9 Å². The highest BCUT2D eigenvalue weighted by Crippen LogP contribution is 2.23. The zero-order valence-electron chi connectivity index (χ0n) is 7.41. The second-order valence-corrected chi connectivity index (χ2v) is 3.28. The SMILES string of the molecule is O=C(O)CNSc1ncccc1[N+](=O)[O-]. The molecule has 7 nitrogen and oxygen atoms in total. The highest BCUT2D eigenvalue weighted by Gasteiger charge is 2.14. The van der Waals surface area contributed by atoms with Crippen LogP contribution in [0.5, 0.6) is 0 Å². The Morgan fingerprint density at radius 3 is 3.07 bits per heavy atom. The summed E-state index contributed by atoms with van der Waals surface area (Å²) in [4.78, 5) is 23.9. The van der Waals surface area contributed by atoms with E-state index in [2.05, 4.69) is 9.71 Å². The molecule has 0 amide bonds. The Balaban J connectivity index is 2.67. The first-order valence-corrected chi connectivity index (χ1v) is 4.64. The molecule has 0 bridgehead atoms. The molecule has 0 radical (unpaired) electrons. The number of nitrogens with zero attached hydrogens (tertiary/aromatic N) is 2. The summed E-state index contributed by atoms with van der Waals surface area (Å²) in [6, 6.07) is 2.75. The largest absolute Gasteiger partial charge is 0.480 e. The van der Waals surface area contributed by atoms with Crippen LogP contribution in [0.25, 0.3) is 0 Å². The van der Waals surface area contributed by atoms with Gasteiger partial charge in [-0.05, 0) is 18.0 Å². The molecule has 8 heteroatoms. The van der Waals surface area contributed by atoms with Gasteiger partial charge >= 0.3 is 11.7 Å². The number of rotatable bonds is 5. The maximum atomic E-state index is 10.5. The maximum Gasteiger partial charge on any atom is 0.318 e. The minimum atomic E-state index is -1.04. The van der Waals surface area contributed by atoms with Gasteiger partial charge in [-0.2, -0.15) is 0 Å². The molecule has 0 aliphatic rings. The normalized spacial score (nSPS) is 9.87. The molecule has 0 aromatic carbocycles. The third kappa shape index (κ3) is 3.52. The lowest BCUT2D eigenvalue weighted by Crippen LogP contribution is -2.15. The van der Waals surface area contributed by atoms with Gasteiger partial charge in [-0.3, -0.25) is 14.9 Å². The van der Waals surface area contributed by atoms with Crippen LogP contribution in [0.2, 0.25) is 0 Å². The summed E-state index contributed by atoms with van der Waals surface area (Å²) in [5, 5.41) is 19.0. The van der Waals surface area contributed by atoms with Crippen molar-refractivity contribution in [3.05, 3.63) is 28.4 Å². The van der Waals surface area contributed by atoms with Crippen molar-refractivity contribution in [1.82, 2.24) is 9.71 Å². The molecular weight excluding hydrogens is 222 g/mol.